The van der Waals surface area contributed by atoms with E-state index < -0.39 is 72.3 Å². The Bertz CT molecular complexity index is 1320. The molecule has 0 aromatic rings. The van der Waals surface area contributed by atoms with Gasteiger partial charge in [0, 0.05) is 12.8 Å². The monoisotopic (exact) mass is 892 g/mol. The Labute approximate surface area is 360 Å². The van der Waals surface area contributed by atoms with Gasteiger partial charge in [-0.3, -0.25) is 23.2 Å². The van der Waals surface area contributed by atoms with Crippen LogP contribution in [0.4, 0.5) is 0 Å². The molecule has 0 heterocycles. The first-order chi connectivity index (χ1) is 28.6. The molecule has 1 unspecified atom stereocenters. The molecule has 5 N–H and O–H groups in total. The lowest BCUT2D eigenvalue weighted by molar-refractivity contribution is -0.161. The maximum absolute atomic E-state index is 12.6. The molecule has 0 bridgehead atoms. The molecule has 0 fully saturated rings. The fraction of sp³-hybridized carbons (Fsp3) is 0.727. The molecule has 0 amide bonds. The van der Waals surface area contributed by atoms with Gasteiger partial charge in [-0.2, -0.15) is 0 Å². The average Bonchev–Trinajstić information content (AvgIpc) is 3.19. The molecule has 348 valence electrons. The van der Waals surface area contributed by atoms with E-state index in [1.165, 1.54) is 57.8 Å². The predicted molar refractivity (Wildman–Crippen MR) is 236 cm³/mol. The third-order valence-corrected chi connectivity index (χ3v) is 10.4. The number of phosphoric ester groups is 2. The molecule has 0 saturated heterocycles. The fourth-order valence-electron chi connectivity index (χ4n) is 5.52. The van der Waals surface area contributed by atoms with E-state index in [2.05, 4.69) is 41.1 Å². The van der Waals surface area contributed by atoms with Crippen LogP contribution in [0.3, 0.4) is 0 Å². The van der Waals surface area contributed by atoms with Crippen molar-refractivity contribution >= 4 is 27.6 Å². The summed E-state index contributed by atoms with van der Waals surface area (Å²) in [6.45, 7) is 3.67. The van der Waals surface area contributed by atoms with Gasteiger partial charge >= 0.3 is 27.6 Å². The smallest absolute Gasteiger partial charge is 0.462 e. The van der Waals surface area contributed by atoms with Crippen LogP contribution in [-0.4, -0.2) is 81.6 Å². The maximum Gasteiger partial charge on any atom is 0.472 e. The highest BCUT2D eigenvalue weighted by atomic mass is 31.2. The standard InChI is InChI=1S/C44H78O14P2/c1-4-40(45)32-28-24-20-16-12-7-5-6-8-14-18-22-26-30-34-44(48)58-42(38-57-60(52,53)56-36-41(46)35-55-59(49,50)51)37-54-43(47)33-29-25-21-17-13-10-9-11-15-19-23-27-31-39(2)3/h6-8,12,18,20,22,24,28,32,39-42,45-46H,4-5,9-11,13-17,19,21,23,25-27,29-31,33-38H2,1-3H3,(H,52,53)(H2,49,50,51)/b8-6-,12-7-,22-18-,24-20-,32-28+/t40-,41+,42-/m1/s1. The summed E-state index contributed by atoms with van der Waals surface area (Å²) < 4.78 is 47.7. The zero-order valence-corrected chi connectivity index (χ0v) is 38.4. The van der Waals surface area contributed by atoms with E-state index in [1.54, 1.807) is 6.08 Å². The summed E-state index contributed by atoms with van der Waals surface area (Å²) in [6, 6.07) is 0. The molecule has 0 aliphatic heterocycles. The van der Waals surface area contributed by atoms with Gasteiger partial charge in [0.15, 0.2) is 6.10 Å². The van der Waals surface area contributed by atoms with Crippen molar-refractivity contribution in [1.82, 2.24) is 0 Å². The van der Waals surface area contributed by atoms with Crippen molar-refractivity contribution in [2.75, 3.05) is 26.4 Å². The lowest BCUT2D eigenvalue weighted by Crippen LogP contribution is -2.29. The van der Waals surface area contributed by atoms with E-state index in [-0.39, 0.29) is 12.8 Å². The lowest BCUT2D eigenvalue weighted by Gasteiger charge is -2.20. The van der Waals surface area contributed by atoms with E-state index in [9.17, 15) is 33.8 Å². The van der Waals surface area contributed by atoms with Gasteiger partial charge in [0.1, 0.15) is 12.7 Å². The molecular formula is C44H78O14P2. The molecule has 14 nitrogen and oxygen atoms in total. The van der Waals surface area contributed by atoms with Crippen LogP contribution in [0, 0.1) is 5.92 Å². The van der Waals surface area contributed by atoms with Gasteiger partial charge < -0.3 is 34.4 Å². The van der Waals surface area contributed by atoms with Gasteiger partial charge in [-0.25, -0.2) is 9.13 Å². The van der Waals surface area contributed by atoms with Crippen LogP contribution in [0.25, 0.3) is 0 Å². The van der Waals surface area contributed by atoms with E-state index in [4.69, 9.17) is 23.8 Å². The van der Waals surface area contributed by atoms with Crippen LogP contribution < -0.4 is 0 Å². The highest BCUT2D eigenvalue weighted by Gasteiger charge is 2.28. The highest BCUT2D eigenvalue weighted by Crippen LogP contribution is 2.43. The fourth-order valence-corrected chi connectivity index (χ4v) is 6.68. The van der Waals surface area contributed by atoms with E-state index in [1.807, 2.05) is 43.4 Å². The summed E-state index contributed by atoms with van der Waals surface area (Å²) in [4.78, 5) is 52.7. The summed E-state index contributed by atoms with van der Waals surface area (Å²) in [7, 11) is -9.71. The van der Waals surface area contributed by atoms with Gasteiger partial charge in [-0.1, -0.05) is 159 Å². The van der Waals surface area contributed by atoms with Crippen LogP contribution in [-0.2, 0) is 41.8 Å². The second kappa shape index (κ2) is 38.5. The normalized spacial score (nSPS) is 15.2. The van der Waals surface area contributed by atoms with Crippen molar-refractivity contribution in [3.05, 3.63) is 60.8 Å². The maximum atomic E-state index is 12.6. The van der Waals surface area contributed by atoms with Crippen molar-refractivity contribution in [2.45, 2.75) is 174 Å². The molecular weight excluding hydrogens is 814 g/mol. The molecule has 60 heavy (non-hydrogen) atoms. The summed E-state index contributed by atoms with van der Waals surface area (Å²) in [5.41, 5.74) is 0. The number of aliphatic hydroxyl groups excluding tert-OH is 2. The number of hydrogen-bond donors (Lipinski definition) is 5. The van der Waals surface area contributed by atoms with Gasteiger partial charge in [0.05, 0.1) is 25.9 Å². The van der Waals surface area contributed by atoms with Crippen molar-refractivity contribution < 1.29 is 66.7 Å². The molecule has 16 heteroatoms. The summed E-state index contributed by atoms with van der Waals surface area (Å²) >= 11 is 0. The molecule has 0 spiro atoms. The molecule has 0 aliphatic rings. The molecule has 0 aliphatic carbocycles. The Morgan fingerprint density at radius 1 is 0.583 bits per heavy atom. The number of unbranched alkanes of at least 4 members (excludes halogenated alkanes) is 12. The second-order valence-corrected chi connectivity index (χ2v) is 18.0. The molecule has 0 radical (unpaired) electrons. The number of allylic oxidation sites excluding steroid dienone is 9. The van der Waals surface area contributed by atoms with Crippen LogP contribution in [0.5, 0.6) is 0 Å². The zero-order valence-electron chi connectivity index (χ0n) is 36.6. The van der Waals surface area contributed by atoms with Gasteiger partial charge in [0.2, 0.25) is 0 Å². The minimum absolute atomic E-state index is 0.0380. The Kier molecular flexibility index (Phi) is 37.0. The minimum atomic E-state index is -4.87. The van der Waals surface area contributed by atoms with Crippen LogP contribution >= 0.6 is 15.6 Å². The Hall–Kier alpha value is -2.22. The van der Waals surface area contributed by atoms with Crippen molar-refractivity contribution in [1.29, 1.82) is 0 Å². The number of ether oxygens (including phenoxy) is 2. The number of aliphatic hydroxyl groups is 2. The van der Waals surface area contributed by atoms with E-state index in [0.717, 1.165) is 44.4 Å². The number of carbonyl (C=O) groups is 2. The van der Waals surface area contributed by atoms with Crippen molar-refractivity contribution in [2.24, 2.45) is 5.92 Å². The Morgan fingerprint density at radius 3 is 1.65 bits per heavy atom. The highest BCUT2D eigenvalue weighted by molar-refractivity contribution is 7.47. The summed E-state index contributed by atoms with van der Waals surface area (Å²) in [5.74, 6) is -0.331. The topological polar surface area (TPSA) is 216 Å². The van der Waals surface area contributed by atoms with Gasteiger partial charge in [0.25, 0.3) is 0 Å². The third kappa shape index (κ3) is 42.5. The summed E-state index contributed by atoms with van der Waals surface area (Å²) in [5, 5.41) is 19.2. The average molecular weight is 893 g/mol. The largest absolute Gasteiger partial charge is 0.472 e. The number of esters is 2. The number of phosphoric acid groups is 2. The van der Waals surface area contributed by atoms with Crippen molar-refractivity contribution in [3.63, 3.8) is 0 Å². The number of rotatable bonds is 40. The Morgan fingerprint density at radius 2 is 1.08 bits per heavy atom. The lowest BCUT2D eigenvalue weighted by atomic mass is 10.0. The first kappa shape index (κ1) is 57.8. The molecule has 0 aromatic carbocycles. The molecule has 4 atom stereocenters. The number of carbonyl (C=O) groups excluding carboxylic acids is 2. The van der Waals surface area contributed by atoms with Crippen LogP contribution in [0.1, 0.15) is 156 Å². The van der Waals surface area contributed by atoms with Gasteiger partial charge in [-0.15, -0.1) is 0 Å². The molecule has 0 aromatic heterocycles. The Balaban J connectivity index is 4.63. The SMILES string of the molecule is CC[C@@H](O)/C=C/C=C\C/C=C\C/C=C\C/C=C\CCCC(=O)O[C@H](COC(=O)CCCCCCCCCCCCCCC(C)C)COP(=O)(O)OC[C@@H](O)COP(=O)(O)O. The van der Waals surface area contributed by atoms with Gasteiger partial charge in [-0.05, 0) is 50.9 Å². The van der Waals surface area contributed by atoms with E-state index >= 15 is 0 Å². The van der Waals surface area contributed by atoms with E-state index in [0.29, 0.717) is 25.7 Å². The molecule has 0 rings (SSSR count). The minimum Gasteiger partial charge on any atom is -0.462 e. The summed E-state index contributed by atoms with van der Waals surface area (Å²) in [6.07, 6.45) is 36.1. The zero-order chi connectivity index (χ0) is 44.7. The molecule has 0 saturated carbocycles. The number of hydrogen-bond acceptors (Lipinski definition) is 11. The van der Waals surface area contributed by atoms with Crippen molar-refractivity contribution in [3.8, 4) is 0 Å². The third-order valence-electron chi connectivity index (χ3n) is 9.00. The first-order valence-electron chi connectivity index (χ1n) is 21.9. The quantitative estimate of drug-likeness (QED) is 0.0127. The van der Waals surface area contributed by atoms with Crippen LogP contribution in [0.2, 0.25) is 0 Å². The first-order valence-corrected chi connectivity index (χ1v) is 25.0. The van der Waals surface area contributed by atoms with Crippen LogP contribution in [0.15, 0.2) is 60.8 Å². The second-order valence-electron chi connectivity index (χ2n) is 15.3. The predicted octanol–water partition coefficient (Wildman–Crippen LogP) is 10.1.